The summed E-state index contributed by atoms with van der Waals surface area (Å²) in [5, 5.41) is 6.72. The van der Waals surface area contributed by atoms with E-state index in [0.29, 0.717) is 23.6 Å². The van der Waals surface area contributed by atoms with Gasteiger partial charge in [0.15, 0.2) is 0 Å². The molecule has 0 spiro atoms. The number of carbonyl (C=O) groups excluding carboxylic acids is 2. The van der Waals surface area contributed by atoms with Crippen LogP contribution >= 0.6 is 0 Å². The van der Waals surface area contributed by atoms with Crippen LogP contribution in [0.2, 0.25) is 0 Å². The molecule has 178 valence electrons. The molecule has 0 fully saturated rings. The molecule has 2 N–H and O–H groups in total. The minimum absolute atomic E-state index is 0.246. The topological polar surface area (TPSA) is 76.3 Å². The van der Waals surface area contributed by atoms with Gasteiger partial charge in [-0.1, -0.05) is 54.6 Å². The molecule has 0 atom stereocenters. The predicted octanol–water partition coefficient (Wildman–Crippen LogP) is 5.86. The lowest BCUT2D eigenvalue weighted by Crippen LogP contribution is -2.22. The molecule has 5 aromatic rings. The molecule has 0 radical (unpaired) electrons. The molecule has 0 unspecified atom stereocenters. The Bertz CT molecular complexity index is 1520. The lowest BCUT2D eigenvalue weighted by atomic mass is 10.1. The molecular formula is C30H25N3O3. The van der Waals surface area contributed by atoms with Gasteiger partial charge in [0, 0.05) is 46.5 Å². The average Bonchev–Trinajstić information content (AvgIpc) is 3.55. The second-order valence-electron chi connectivity index (χ2n) is 8.38. The monoisotopic (exact) mass is 475 g/mol. The third-order valence-corrected chi connectivity index (χ3v) is 5.82. The molecule has 0 saturated carbocycles. The zero-order valence-electron chi connectivity index (χ0n) is 19.6. The van der Waals surface area contributed by atoms with Crippen LogP contribution in [-0.4, -0.2) is 16.4 Å². The smallest absolute Gasteiger partial charge is 0.251 e. The van der Waals surface area contributed by atoms with E-state index in [4.69, 9.17) is 4.42 Å². The van der Waals surface area contributed by atoms with Crippen LogP contribution in [0.3, 0.4) is 0 Å². The van der Waals surface area contributed by atoms with Crippen molar-refractivity contribution in [1.29, 1.82) is 0 Å². The first-order chi connectivity index (χ1) is 17.7. The summed E-state index contributed by atoms with van der Waals surface area (Å²) in [5.41, 5.74) is 4.27. The van der Waals surface area contributed by atoms with Crippen LogP contribution in [-0.2, 0) is 17.9 Å². The Morgan fingerprint density at radius 2 is 1.72 bits per heavy atom. The summed E-state index contributed by atoms with van der Waals surface area (Å²) in [4.78, 5) is 25.1. The number of rotatable bonds is 8. The number of nitrogens with zero attached hydrogens (tertiary/aromatic N) is 1. The van der Waals surface area contributed by atoms with Crippen LogP contribution in [0.5, 0.6) is 0 Å². The van der Waals surface area contributed by atoms with Gasteiger partial charge in [-0.15, -0.1) is 0 Å². The first-order valence-electron chi connectivity index (χ1n) is 11.7. The largest absolute Gasteiger partial charge is 0.467 e. The number of carbonyl (C=O) groups is 2. The molecular weight excluding hydrogens is 450 g/mol. The van der Waals surface area contributed by atoms with E-state index < -0.39 is 0 Å². The number of hydrogen-bond donors (Lipinski definition) is 2. The molecule has 5 rings (SSSR count). The van der Waals surface area contributed by atoms with E-state index in [2.05, 4.69) is 45.7 Å². The van der Waals surface area contributed by atoms with Crippen molar-refractivity contribution >= 4 is 34.5 Å². The number of anilines is 1. The summed E-state index contributed by atoms with van der Waals surface area (Å²) in [6, 6.07) is 28.8. The van der Waals surface area contributed by atoms with E-state index in [0.717, 1.165) is 23.0 Å². The van der Waals surface area contributed by atoms with Crippen molar-refractivity contribution in [2.45, 2.75) is 13.1 Å². The maximum atomic E-state index is 12.7. The summed E-state index contributed by atoms with van der Waals surface area (Å²) in [5.74, 6) is 0.148. The number of amides is 2. The van der Waals surface area contributed by atoms with Gasteiger partial charge in [0.1, 0.15) is 5.76 Å². The van der Waals surface area contributed by atoms with Crippen LogP contribution in [0.4, 0.5) is 5.69 Å². The quantitative estimate of drug-likeness (QED) is 0.276. The van der Waals surface area contributed by atoms with E-state index in [1.54, 1.807) is 42.7 Å². The fraction of sp³-hybridized carbons (Fsp3) is 0.0667. The Labute approximate surface area is 208 Å². The predicted molar refractivity (Wildman–Crippen MR) is 141 cm³/mol. The highest BCUT2D eigenvalue weighted by Crippen LogP contribution is 2.23. The molecule has 0 aliphatic heterocycles. The molecule has 0 aliphatic carbocycles. The molecule has 2 aromatic heterocycles. The highest BCUT2D eigenvalue weighted by molar-refractivity contribution is 6.04. The van der Waals surface area contributed by atoms with E-state index in [-0.39, 0.29) is 11.8 Å². The fourth-order valence-corrected chi connectivity index (χ4v) is 4.09. The Morgan fingerprint density at radius 1 is 0.889 bits per heavy atom. The number of nitrogens with one attached hydrogen (secondary N) is 2. The van der Waals surface area contributed by atoms with Gasteiger partial charge in [-0.3, -0.25) is 9.59 Å². The van der Waals surface area contributed by atoms with Crippen LogP contribution in [0.25, 0.3) is 17.0 Å². The van der Waals surface area contributed by atoms with Crippen LogP contribution in [0.15, 0.2) is 114 Å². The highest BCUT2D eigenvalue weighted by atomic mass is 16.3. The second-order valence-corrected chi connectivity index (χ2v) is 8.38. The number of furan rings is 1. The standard InChI is InChI=1S/C30H25N3O3/c34-29(32-25-11-6-10-23(18-25)30(35)31-19-26-12-7-17-36-26)16-15-24-21-33(20-22-8-2-1-3-9-22)28-14-5-4-13-27(24)28/h1-18,21H,19-20H2,(H,31,35)(H,32,34). The van der Waals surface area contributed by atoms with Crippen molar-refractivity contribution in [3.05, 3.63) is 132 Å². The molecule has 2 heterocycles. The molecule has 0 bridgehead atoms. The molecule has 0 saturated heterocycles. The average molecular weight is 476 g/mol. The number of benzene rings is 3. The maximum Gasteiger partial charge on any atom is 0.251 e. The second kappa shape index (κ2) is 10.6. The van der Waals surface area contributed by atoms with Gasteiger partial charge in [0.05, 0.1) is 12.8 Å². The van der Waals surface area contributed by atoms with Crippen molar-refractivity contribution < 1.29 is 14.0 Å². The first kappa shape index (κ1) is 22.9. The SMILES string of the molecule is O=C(C=Cc1cn(Cc2ccccc2)c2ccccc12)Nc1cccc(C(=O)NCc2ccco2)c1. The number of aromatic nitrogens is 1. The number of para-hydroxylation sites is 1. The van der Waals surface area contributed by atoms with Crippen LogP contribution in [0, 0.1) is 0 Å². The van der Waals surface area contributed by atoms with Gasteiger partial charge in [-0.2, -0.15) is 0 Å². The maximum absolute atomic E-state index is 12.7. The minimum atomic E-state index is -0.275. The van der Waals surface area contributed by atoms with Gasteiger partial charge in [0.2, 0.25) is 5.91 Å². The Balaban J connectivity index is 1.27. The summed E-state index contributed by atoms with van der Waals surface area (Å²) in [7, 11) is 0. The summed E-state index contributed by atoms with van der Waals surface area (Å²) in [6.07, 6.45) is 6.95. The van der Waals surface area contributed by atoms with Crippen molar-refractivity contribution in [3.63, 3.8) is 0 Å². The molecule has 2 amide bonds. The van der Waals surface area contributed by atoms with Crippen molar-refractivity contribution in [2.24, 2.45) is 0 Å². The van der Waals surface area contributed by atoms with Gasteiger partial charge < -0.3 is 19.6 Å². The van der Waals surface area contributed by atoms with E-state index in [9.17, 15) is 9.59 Å². The zero-order chi connectivity index (χ0) is 24.7. The molecule has 0 aliphatic rings. The van der Waals surface area contributed by atoms with E-state index in [1.165, 1.54) is 11.6 Å². The zero-order valence-corrected chi connectivity index (χ0v) is 19.6. The lowest BCUT2D eigenvalue weighted by Gasteiger charge is -2.06. The number of fused-ring (bicyclic) bond motifs is 1. The van der Waals surface area contributed by atoms with Crippen LogP contribution < -0.4 is 10.6 Å². The van der Waals surface area contributed by atoms with Gasteiger partial charge in [0.25, 0.3) is 5.91 Å². The van der Waals surface area contributed by atoms with E-state index >= 15 is 0 Å². The number of hydrogen-bond acceptors (Lipinski definition) is 3. The first-order valence-corrected chi connectivity index (χ1v) is 11.7. The van der Waals surface area contributed by atoms with Crippen LogP contribution in [0.1, 0.15) is 27.2 Å². The third-order valence-electron chi connectivity index (χ3n) is 5.82. The summed E-state index contributed by atoms with van der Waals surface area (Å²) >= 11 is 0. The summed E-state index contributed by atoms with van der Waals surface area (Å²) < 4.78 is 7.42. The third kappa shape index (κ3) is 5.45. The van der Waals surface area contributed by atoms with E-state index in [1.807, 2.05) is 36.4 Å². The molecule has 6 nitrogen and oxygen atoms in total. The minimum Gasteiger partial charge on any atom is -0.467 e. The Kier molecular flexibility index (Phi) is 6.76. The van der Waals surface area contributed by atoms with Gasteiger partial charge in [-0.25, -0.2) is 0 Å². The Hall–Kier alpha value is -4.84. The van der Waals surface area contributed by atoms with Crippen molar-refractivity contribution in [3.8, 4) is 0 Å². The summed E-state index contributed by atoms with van der Waals surface area (Å²) in [6.45, 7) is 1.04. The normalized spacial score (nSPS) is 11.1. The molecule has 6 heteroatoms. The van der Waals surface area contributed by atoms with Crippen molar-refractivity contribution in [2.75, 3.05) is 5.32 Å². The van der Waals surface area contributed by atoms with Crippen molar-refractivity contribution in [1.82, 2.24) is 9.88 Å². The molecule has 3 aromatic carbocycles. The van der Waals surface area contributed by atoms with Gasteiger partial charge >= 0.3 is 0 Å². The lowest BCUT2D eigenvalue weighted by molar-refractivity contribution is -0.111. The Morgan fingerprint density at radius 3 is 2.56 bits per heavy atom. The van der Waals surface area contributed by atoms with Gasteiger partial charge in [-0.05, 0) is 48.0 Å². The molecule has 36 heavy (non-hydrogen) atoms. The highest BCUT2D eigenvalue weighted by Gasteiger charge is 2.09. The fourth-order valence-electron chi connectivity index (χ4n) is 4.09.